The van der Waals surface area contributed by atoms with Crippen molar-refractivity contribution in [3.05, 3.63) is 0 Å². The molecule has 4 unspecified atom stereocenters. The van der Waals surface area contributed by atoms with Crippen molar-refractivity contribution in [3.63, 3.8) is 0 Å². The summed E-state index contributed by atoms with van der Waals surface area (Å²) in [7, 11) is 4.21. The Hall–Kier alpha value is -0.650. The highest BCUT2D eigenvalue weighted by Gasteiger charge is 2.40. The average molecular weight is 256 g/mol. The van der Waals surface area contributed by atoms with Crippen molar-refractivity contribution < 1.29 is 14.6 Å². The molecule has 18 heavy (non-hydrogen) atoms. The zero-order valence-electron chi connectivity index (χ0n) is 11.5. The first kappa shape index (κ1) is 13.8. The van der Waals surface area contributed by atoms with Gasteiger partial charge in [0.1, 0.15) is 0 Å². The van der Waals surface area contributed by atoms with E-state index in [0.29, 0.717) is 25.3 Å². The van der Waals surface area contributed by atoms with Crippen molar-refractivity contribution in [2.75, 3.05) is 33.9 Å². The van der Waals surface area contributed by atoms with Crippen LogP contribution in [0.5, 0.6) is 0 Å². The van der Waals surface area contributed by atoms with E-state index in [1.165, 1.54) is 0 Å². The molecule has 0 aliphatic carbocycles. The van der Waals surface area contributed by atoms with Crippen LogP contribution in [0.25, 0.3) is 0 Å². The molecule has 0 spiro atoms. The number of hydrogen-bond donors (Lipinski definition) is 1. The van der Waals surface area contributed by atoms with Crippen LogP contribution in [0, 0.1) is 5.92 Å². The fraction of sp³-hybridized carbons (Fsp3) is 0.923. The van der Waals surface area contributed by atoms with Gasteiger partial charge in [0.2, 0.25) is 0 Å². The van der Waals surface area contributed by atoms with Crippen molar-refractivity contribution in [1.82, 2.24) is 9.80 Å². The zero-order chi connectivity index (χ0) is 13.3. The van der Waals surface area contributed by atoms with E-state index in [-0.39, 0.29) is 12.0 Å². The summed E-state index contributed by atoms with van der Waals surface area (Å²) in [6.45, 7) is 4.22. The number of hydrogen-bond acceptors (Lipinski definition) is 4. The predicted molar refractivity (Wildman–Crippen MR) is 68.6 cm³/mol. The van der Waals surface area contributed by atoms with Gasteiger partial charge in [0.15, 0.2) is 0 Å². The van der Waals surface area contributed by atoms with Gasteiger partial charge < -0.3 is 14.7 Å². The minimum absolute atomic E-state index is 0.0307. The molecule has 0 amide bonds. The van der Waals surface area contributed by atoms with Crippen molar-refractivity contribution in [3.8, 4) is 0 Å². The normalized spacial score (nSPS) is 38.2. The van der Waals surface area contributed by atoms with Crippen LogP contribution >= 0.6 is 0 Å². The molecule has 2 aliphatic heterocycles. The van der Waals surface area contributed by atoms with Crippen molar-refractivity contribution in [2.45, 2.75) is 37.9 Å². The van der Waals surface area contributed by atoms with Crippen LogP contribution in [-0.2, 0) is 9.53 Å². The first-order valence-corrected chi connectivity index (χ1v) is 6.73. The van der Waals surface area contributed by atoms with E-state index in [1.54, 1.807) is 0 Å². The Balaban J connectivity index is 1.98. The average Bonchev–Trinajstić information content (AvgIpc) is 2.81. The Morgan fingerprint density at radius 2 is 2.17 bits per heavy atom. The number of carbonyl (C=O) groups is 1. The van der Waals surface area contributed by atoms with Gasteiger partial charge in [-0.05, 0) is 40.4 Å². The van der Waals surface area contributed by atoms with Crippen LogP contribution in [0.4, 0.5) is 0 Å². The number of piperidine rings is 1. The van der Waals surface area contributed by atoms with Gasteiger partial charge in [-0.25, -0.2) is 0 Å². The molecule has 2 saturated heterocycles. The van der Waals surface area contributed by atoms with Gasteiger partial charge in [0.25, 0.3) is 0 Å². The number of ether oxygens (including phenoxy) is 1. The van der Waals surface area contributed by atoms with E-state index in [9.17, 15) is 9.90 Å². The molecule has 5 heteroatoms. The third-order valence-electron chi connectivity index (χ3n) is 4.65. The monoisotopic (exact) mass is 256 g/mol. The molecule has 1 N–H and O–H groups in total. The number of rotatable bonds is 3. The predicted octanol–water partition coefficient (Wildman–Crippen LogP) is 0.501. The molecule has 2 aliphatic rings. The lowest BCUT2D eigenvalue weighted by atomic mass is 9.94. The Bertz CT molecular complexity index is 311. The SMILES string of the molecule is CC1CC(N(C)C2COCC2C(=O)O)CCN1C. The van der Waals surface area contributed by atoms with Gasteiger partial charge in [-0.1, -0.05) is 0 Å². The third kappa shape index (κ3) is 2.68. The van der Waals surface area contributed by atoms with Crippen LogP contribution in [0.1, 0.15) is 19.8 Å². The molecule has 5 nitrogen and oxygen atoms in total. The van der Waals surface area contributed by atoms with Gasteiger partial charge in [-0.15, -0.1) is 0 Å². The summed E-state index contributed by atoms with van der Waals surface area (Å²) in [5.41, 5.74) is 0. The van der Waals surface area contributed by atoms with E-state index in [4.69, 9.17) is 4.74 Å². The van der Waals surface area contributed by atoms with Gasteiger partial charge >= 0.3 is 5.97 Å². The summed E-state index contributed by atoms with van der Waals surface area (Å²) >= 11 is 0. The van der Waals surface area contributed by atoms with Crippen molar-refractivity contribution in [2.24, 2.45) is 5.92 Å². The highest BCUT2D eigenvalue weighted by molar-refractivity contribution is 5.71. The number of nitrogens with zero attached hydrogens (tertiary/aromatic N) is 2. The van der Waals surface area contributed by atoms with Crippen LogP contribution in [-0.4, -0.2) is 72.9 Å². The summed E-state index contributed by atoms with van der Waals surface area (Å²) in [5, 5.41) is 9.21. The first-order valence-electron chi connectivity index (χ1n) is 6.73. The topological polar surface area (TPSA) is 53.0 Å². The first-order chi connectivity index (χ1) is 8.50. The largest absolute Gasteiger partial charge is 0.481 e. The molecular weight excluding hydrogens is 232 g/mol. The van der Waals surface area contributed by atoms with Gasteiger partial charge in [0, 0.05) is 18.1 Å². The molecule has 4 atom stereocenters. The summed E-state index contributed by atoms with van der Waals surface area (Å²) in [4.78, 5) is 15.8. The van der Waals surface area contributed by atoms with Crippen LogP contribution in [0.2, 0.25) is 0 Å². The summed E-state index contributed by atoms with van der Waals surface area (Å²) in [6, 6.07) is 1.07. The van der Waals surface area contributed by atoms with E-state index >= 15 is 0 Å². The molecule has 104 valence electrons. The minimum atomic E-state index is -0.731. The number of likely N-dealkylation sites (tertiary alicyclic amines) is 1. The molecule has 0 aromatic heterocycles. The standard InChI is InChI=1S/C13H24N2O3/c1-9-6-10(4-5-14(9)2)15(3)12-8-18-7-11(12)13(16)17/h9-12H,4-8H2,1-3H3,(H,16,17). The lowest BCUT2D eigenvalue weighted by Crippen LogP contribution is -2.52. The maximum absolute atomic E-state index is 11.2. The maximum atomic E-state index is 11.2. The number of likely N-dealkylation sites (N-methyl/N-ethyl adjacent to an activating group) is 1. The third-order valence-corrected chi connectivity index (χ3v) is 4.65. The molecule has 0 aromatic carbocycles. The fourth-order valence-electron chi connectivity index (χ4n) is 3.09. The summed E-state index contributed by atoms with van der Waals surface area (Å²) in [6.07, 6.45) is 2.22. The molecule has 2 fully saturated rings. The Labute approximate surface area is 109 Å². The molecular formula is C13H24N2O3. The summed E-state index contributed by atoms with van der Waals surface area (Å²) in [5.74, 6) is -1.10. The molecule has 0 saturated carbocycles. The lowest BCUT2D eigenvalue weighted by Gasteiger charge is -2.42. The molecule has 0 radical (unpaired) electrons. The maximum Gasteiger partial charge on any atom is 0.310 e. The lowest BCUT2D eigenvalue weighted by molar-refractivity contribution is -0.143. The minimum Gasteiger partial charge on any atom is -0.481 e. The number of carboxylic acids is 1. The fourth-order valence-corrected chi connectivity index (χ4v) is 3.09. The quantitative estimate of drug-likeness (QED) is 0.797. The Kier molecular flexibility index (Phi) is 4.25. The zero-order valence-corrected chi connectivity index (χ0v) is 11.5. The molecule has 2 heterocycles. The highest BCUT2D eigenvalue weighted by atomic mass is 16.5. The van der Waals surface area contributed by atoms with Crippen LogP contribution < -0.4 is 0 Å². The van der Waals surface area contributed by atoms with Crippen LogP contribution in [0.15, 0.2) is 0 Å². The Morgan fingerprint density at radius 1 is 1.44 bits per heavy atom. The van der Waals surface area contributed by atoms with Crippen molar-refractivity contribution >= 4 is 5.97 Å². The second-order valence-electron chi connectivity index (χ2n) is 5.72. The van der Waals surface area contributed by atoms with Gasteiger partial charge in [0.05, 0.1) is 19.1 Å². The van der Waals surface area contributed by atoms with Crippen LogP contribution in [0.3, 0.4) is 0 Å². The second-order valence-corrected chi connectivity index (χ2v) is 5.72. The smallest absolute Gasteiger partial charge is 0.310 e. The number of aliphatic carboxylic acids is 1. The highest BCUT2D eigenvalue weighted by Crippen LogP contribution is 2.26. The molecule has 2 rings (SSSR count). The van der Waals surface area contributed by atoms with Gasteiger partial charge in [-0.2, -0.15) is 0 Å². The van der Waals surface area contributed by atoms with E-state index < -0.39 is 5.97 Å². The van der Waals surface area contributed by atoms with Gasteiger partial charge in [-0.3, -0.25) is 9.69 Å². The van der Waals surface area contributed by atoms with E-state index in [2.05, 4.69) is 30.8 Å². The second kappa shape index (κ2) is 5.55. The van der Waals surface area contributed by atoms with Crippen molar-refractivity contribution in [1.29, 1.82) is 0 Å². The number of carboxylic acid groups (broad SMARTS) is 1. The van der Waals surface area contributed by atoms with E-state index in [0.717, 1.165) is 19.4 Å². The molecule has 0 bridgehead atoms. The van der Waals surface area contributed by atoms with E-state index in [1.807, 2.05) is 0 Å². The molecule has 0 aromatic rings. The Morgan fingerprint density at radius 3 is 2.78 bits per heavy atom. The summed E-state index contributed by atoms with van der Waals surface area (Å²) < 4.78 is 5.36.